The van der Waals surface area contributed by atoms with Crippen LogP contribution in [0.2, 0.25) is 0 Å². The smallest absolute Gasteiger partial charge is 0.309 e. The van der Waals surface area contributed by atoms with Crippen LogP contribution in [0, 0.1) is 11.3 Å². The third kappa shape index (κ3) is 1.23. The highest BCUT2D eigenvalue weighted by molar-refractivity contribution is 5.76. The Morgan fingerprint density at radius 1 is 1.58 bits per heavy atom. The molecule has 0 aromatic rings. The molecule has 2 heteroatoms. The lowest BCUT2D eigenvalue weighted by Gasteiger charge is -2.46. The lowest BCUT2D eigenvalue weighted by molar-refractivity contribution is -0.162. The van der Waals surface area contributed by atoms with E-state index in [2.05, 4.69) is 6.92 Å². The summed E-state index contributed by atoms with van der Waals surface area (Å²) in [6.45, 7) is 4.12. The van der Waals surface area contributed by atoms with E-state index in [0.29, 0.717) is 5.92 Å². The summed E-state index contributed by atoms with van der Waals surface area (Å²) in [6, 6.07) is 0. The third-order valence-corrected chi connectivity index (χ3v) is 3.41. The Morgan fingerprint density at radius 2 is 2.25 bits per heavy atom. The molecule has 2 unspecified atom stereocenters. The quantitative estimate of drug-likeness (QED) is 0.704. The first kappa shape index (κ1) is 9.56. The van der Waals surface area contributed by atoms with Crippen molar-refractivity contribution < 1.29 is 9.90 Å². The lowest BCUT2D eigenvalue weighted by atomic mass is 9.57. The van der Waals surface area contributed by atoms with E-state index in [4.69, 9.17) is 5.11 Å². The van der Waals surface area contributed by atoms with E-state index in [9.17, 15) is 4.79 Å². The first-order chi connectivity index (χ1) is 5.67. The molecule has 0 aliphatic heterocycles. The van der Waals surface area contributed by atoms with Gasteiger partial charge in [0.15, 0.2) is 0 Å². The molecule has 0 spiro atoms. The fraction of sp³-hybridized carbons (Fsp3) is 0.900. The second kappa shape index (κ2) is 3.46. The molecule has 0 heterocycles. The van der Waals surface area contributed by atoms with Crippen LogP contribution in [0.3, 0.4) is 0 Å². The number of hydrogen-bond donors (Lipinski definition) is 1. The van der Waals surface area contributed by atoms with Crippen LogP contribution < -0.4 is 0 Å². The lowest BCUT2D eigenvalue weighted by Crippen LogP contribution is -2.46. The molecule has 1 N–H and O–H groups in total. The molecule has 0 amide bonds. The Hall–Kier alpha value is -0.530. The van der Waals surface area contributed by atoms with Gasteiger partial charge in [0.2, 0.25) is 0 Å². The monoisotopic (exact) mass is 170 g/mol. The summed E-state index contributed by atoms with van der Waals surface area (Å²) in [7, 11) is 0. The van der Waals surface area contributed by atoms with E-state index < -0.39 is 5.97 Å². The molecule has 0 bridgehead atoms. The van der Waals surface area contributed by atoms with Gasteiger partial charge < -0.3 is 5.11 Å². The fourth-order valence-electron chi connectivity index (χ4n) is 2.36. The Balaban J connectivity index is 2.62. The van der Waals surface area contributed by atoms with Gasteiger partial charge in [-0.1, -0.05) is 20.3 Å². The predicted octanol–water partition coefficient (Wildman–Crippen LogP) is 2.68. The number of hydrogen-bond acceptors (Lipinski definition) is 1. The third-order valence-electron chi connectivity index (χ3n) is 3.41. The van der Waals surface area contributed by atoms with Crippen LogP contribution in [-0.2, 0) is 4.79 Å². The molecule has 2 nitrogen and oxygen atoms in total. The highest BCUT2D eigenvalue weighted by atomic mass is 16.4. The average molecular weight is 170 g/mol. The zero-order chi connectivity index (χ0) is 9.19. The van der Waals surface area contributed by atoms with Crippen molar-refractivity contribution in [3.8, 4) is 0 Å². The Kier molecular flexibility index (Phi) is 2.76. The maximum absolute atomic E-state index is 11.0. The molecule has 0 aromatic heterocycles. The van der Waals surface area contributed by atoms with E-state index in [-0.39, 0.29) is 5.41 Å². The van der Waals surface area contributed by atoms with Gasteiger partial charge in [-0.25, -0.2) is 0 Å². The molecule has 70 valence electrons. The van der Waals surface area contributed by atoms with Gasteiger partial charge in [0, 0.05) is 0 Å². The largest absolute Gasteiger partial charge is 0.481 e. The van der Waals surface area contributed by atoms with Gasteiger partial charge in [0.25, 0.3) is 0 Å². The van der Waals surface area contributed by atoms with Crippen molar-refractivity contribution in [1.29, 1.82) is 0 Å². The molecule has 1 rings (SSSR count). The van der Waals surface area contributed by atoms with Crippen LogP contribution in [-0.4, -0.2) is 11.1 Å². The van der Waals surface area contributed by atoms with Crippen molar-refractivity contribution in [2.24, 2.45) is 11.3 Å². The number of carboxylic acids is 1. The minimum atomic E-state index is -0.574. The first-order valence-electron chi connectivity index (χ1n) is 4.90. The van der Waals surface area contributed by atoms with E-state index in [0.717, 1.165) is 32.1 Å². The van der Waals surface area contributed by atoms with Crippen LogP contribution in [0.1, 0.15) is 46.0 Å². The highest BCUT2D eigenvalue weighted by Crippen LogP contribution is 2.51. The topological polar surface area (TPSA) is 37.3 Å². The second-order valence-electron chi connectivity index (χ2n) is 3.84. The zero-order valence-corrected chi connectivity index (χ0v) is 7.97. The molecule has 1 saturated carbocycles. The minimum absolute atomic E-state index is 0.351. The zero-order valence-electron chi connectivity index (χ0n) is 7.97. The number of rotatable bonds is 4. The summed E-state index contributed by atoms with van der Waals surface area (Å²) in [5.74, 6) is -0.125. The summed E-state index contributed by atoms with van der Waals surface area (Å²) in [5, 5.41) is 9.08. The van der Waals surface area contributed by atoms with Crippen molar-refractivity contribution >= 4 is 5.97 Å². The van der Waals surface area contributed by atoms with E-state index >= 15 is 0 Å². The Morgan fingerprint density at radius 3 is 2.50 bits per heavy atom. The predicted molar refractivity (Wildman–Crippen MR) is 48.0 cm³/mol. The van der Waals surface area contributed by atoms with Gasteiger partial charge in [-0.15, -0.1) is 0 Å². The minimum Gasteiger partial charge on any atom is -0.481 e. The molecule has 1 fully saturated rings. The van der Waals surface area contributed by atoms with Crippen LogP contribution in [0.5, 0.6) is 0 Å². The normalized spacial score (nSPS) is 34.3. The van der Waals surface area contributed by atoms with Crippen molar-refractivity contribution in [2.45, 2.75) is 46.0 Å². The van der Waals surface area contributed by atoms with Crippen LogP contribution in [0.25, 0.3) is 0 Å². The van der Waals surface area contributed by atoms with Gasteiger partial charge >= 0.3 is 5.97 Å². The van der Waals surface area contributed by atoms with E-state index in [1.54, 1.807) is 0 Å². The van der Waals surface area contributed by atoms with Gasteiger partial charge in [0.05, 0.1) is 5.41 Å². The molecule has 2 atom stereocenters. The summed E-state index contributed by atoms with van der Waals surface area (Å²) < 4.78 is 0. The second-order valence-corrected chi connectivity index (χ2v) is 3.84. The molecule has 12 heavy (non-hydrogen) atoms. The van der Waals surface area contributed by atoms with E-state index in [1.807, 2.05) is 6.92 Å². The molecule has 1 aliphatic rings. The molecular formula is C10H18O2. The summed E-state index contributed by atoms with van der Waals surface area (Å²) in [4.78, 5) is 11.0. The fourth-order valence-corrected chi connectivity index (χ4v) is 2.36. The first-order valence-corrected chi connectivity index (χ1v) is 4.90. The van der Waals surface area contributed by atoms with Gasteiger partial charge in [-0.3, -0.25) is 4.79 Å². The molecule has 1 aliphatic carbocycles. The van der Waals surface area contributed by atoms with E-state index in [1.165, 1.54) is 0 Å². The van der Waals surface area contributed by atoms with Gasteiger partial charge in [-0.2, -0.15) is 0 Å². The molecule has 0 saturated heterocycles. The maximum atomic E-state index is 11.0. The summed E-state index contributed by atoms with van der Waals surface area (Å²) >= 11 is 0. The average Bonchev–Trinajstić information content (AvgIpc) is 1.99. The number of carboxylic acid groups (broad SMARTS) is 1. The maximum Gasteiger partial charge on any atom is 0.309 e. The molecule has 0 radical (unpaired) electrons. The highest BCUT2D eigenvalue weighted by Gasteiger charge is 2.50. The SMILES string of the molecule is CCCC1CCC1(CC)C(=O)O. The number of aliphatic carboxylic acids is 1. The standard InChI is InChI=1S/C10H18O2/c1-3-5-8-6-7-10(8,4-2)9(11)12/h8H,3-7H2,1-2H3,(H,11,12). The van der Waals surface area contributed by atoms with Crippen molar-refractivity contribution in [1.82, 2.24) is 0 Å². The number of carbonyl (C=O) groups is 1. The Bertz CT molecular complexity index is 173. The van der Waals surface area contributed by atoms with Crippen LogP contribution in [0.4, 0.5) is 0 Å². The summed E-state index contributed by atoms with van der Waals surface area (Å²) in [6.07, 6.45) is 5.00. The van der Waals surface area contributed by atoms with Gasteiger partial charge in [0.1, 0.15) is 0 Å². The van der Waals surface area contributed by atoms with Gasteiger partial charge in [-0.05, 0) is 31.6 Å². The molecule has 0 aromatic carbocycles. The van der Waals surface area contributed by atoms with Crippen molar-refractivity contribution in [3.63, 3.8) is 0 Å². The van der Waals surface area contributed by atoms with Crippen molar-refractivity contribution in [3.05, 3.63) is 0 Å². The van der Waals surface area contributed by atoms with Crippen LogP contribution in [0.15, 0.2) is 0 Å². The van der Waals surface area contributed by atoms with Crippen molar-refractivity contribution in [2.75, 3.05) is 0 Å². The Labute approximate surface area is 74.0 Å². The molecular weight excluding hydrogens is 152 g/mol. The van der Waals surface area contributed by atoms with Crippen LogP contribution >= 0.6 is 0 Å². The summed E-state index contributed by atoms with van der Waals surface area (Å²) in [5.41, 5.74) is -0.351.